The minimum atomic E-state index is -4.41. The van der Waals surface area contributed by atoms with Crippen LogP contribution in [0.1, 0.15) is 17.8 Å². The van der Waals surface area contributed by atoms with Gasteiger partial charge in [-0.05, 0) is 41.1 Å². The van der Waals surface area contributed by atoms with E-state index in [1.807, 2.05) is 0 Å². The van der Waals surface area contributed by atoms with Crippen LogP contribution < -0.4 is 0 Å². The highest BCUT2D eigenvalue weighted by atomic mass is 19.4. The second-order valence-electron chi connectivity index (χ2n) is 5.65. The molecule has 1 aliphatic rings. The molecule has 0 radical (unpaired) electrons. The first-order valence-electron chi connectivity index (χ1n) is 7.32. The molecule has 0 amide bonds. The van der Waals surface area contributed by atoms with Crippen molar-refractivity contribution in [2.75, 3.05) is 13.2 Å². The Labute approximate surface area is 134 Å². The van der Waals surface area contributed by atoms with Crippen LogP contribution in [-0.2, 0) is 12.7 Å². The summed E-state index contributed by atoms with van der Waals surface area (Å²) in [5.41, 5.74) is -0.388. The Morgan fingerprint density at radius 3 is 2.54 bits per heavy atom. The van der Waals surface area contributed by atoms with Crippen molar-refractivity contribution in [1.29, 1.82) is 0 Å². The third kappa shape index (κ3) is 3.39. The summed E-state index contributed by atoms with van der Waals surface area (Å²) in [6.07, 6.45) is -5.21. The Balaban J connectivity index is 1.80. The first-order chi connectivity index (χ1) is 11.4. The van der Waals surface area contributed by atoms with Crippen LogP contribution in [0.5, 0.6) is 0 Å². The number of hydrogen-bond acceptors (Lipinski definition) is 5. The van der Waals surface area contributed by atoms with Crippen molar-refractivity contribution in [1.82, 2.24) is 25.1 Å². The lowest BCUT2D eigenvalue weighted by molar-refractivity contribution is -0.137. The molecule has 0 bridgehead atoms. The fourth-order valence-electron chi connectivity index (χ4n) is 2.78. The zero-order valence-electron chi connectivity index (χ0n) is 12.5. The average Bonchev–Trinajstić information content (AvgIpc) is 3.13. The second-order valence-corrected chi connectivity index (χ2v) is 5.65. The molecule has 0 aliphatic carbocycles. The van der Waals surface area contributed by atoms with E-state index in [4.69, 9.17) is 0 Å². The Bertz CT molecular complexity index is 687. The Morgan fingerprint density at radius 2 is 1.92 bits per heavy atom. The predicted molar refractivity (Wildman–Crippen MR) is 75.0 cm³/mol. The van der Waals surface area contributed by atoms with Gasteiger partial charge >= 0.3 is 6.18 Å². The maximum atomic E-state index is 13.5. The molecule has 1 aromatic carbocycles. The summed E-state index contributed by atoms with van der Waals surface area (Å²) in [5.74, 6) is 0.363. The van der Waals surface area contributed by atoms with Gasteiger partial charge in [0, 0.05) is 12.6 Å². The second kappa shape index (κ2) is 6.44. The molecular formula is C14H15F4N5O. The maximum Gasteiger partial charge on any atom is 0.416 e. The highest BCUT2D eigenvalue weighted by Gasteiger charge is 2.33. The number of aliphatic hydroxyl groups excluding tert-OH is 1. The maximum absolute atomic E-state index is 13.5. The van der Waals surface area contributed by atoms with E-state index in [0.717, 1.165) is 12.1 Å². The lowest BCUT2D eigenvalue weighted by atomic mass is 10.2. The summed E-state index contributed by atoms with van der Waals surface area (Å²) in [7, 11) is 0. The van der Waals surface area contributed by atoms with Gasteiger partial charge in [0.15, 0.2) is 5.82 Å². The van der Waals surface area contributed by atoms with Crippen LogP contribution in [0.4, 0.5) is 17.6 Å². The van der Waals surface area contributed by atoms with Crippen molar-refractivity contribution in [2.45, 2.75) is 31.4 Å². The minimum Gasteiger partial charge on any atom is -0.395 e. The molecule has 0 unspecified atom stereocenters. The highest BCUT2D eigenvalue weighted by Crippen LogP contribution is 2.29. The number of hydrogen-bond donors (Lipinski definition) is 1. The SMILES string of the molecule is OC[C@@H]1C[C@H](F)CN1Cc1nnnn1-c1ccc(C(F)(F)F)cc1. The van der Waals surface area contributed by atoms with E-state index in [-0.39, 0.29) is 32.2 Å². The Kier molecular flexibility index (Phi) is 4.50. The van der Waals surface area contributed by atoms with Crippen molar-refractivity contribution in [2.24, 2.45) is 0 Å². The first kappa shape index (κ1) is 16.8. The molecule has 1 aliphatic heterocycles. The quantitative estimate of drug-likeness (QED) is 0.853. The van der Waals surface area contributed by atoms with Crippen molar-refractivity contribution in [3.63, 3.8) is 0 Å². The molecule has 1 aromatic heterocycles. The third-order valence-corrected chi connectivity index (χ3v) is 4.01. The van der Waals surface area contributed by atoms with Gasteiger partial charge in [-0.2, -0.15) is 17.9 Å². The van der Waals surface area contributed by atoms with Gasteiger partial charge in [0.05, 0.1) is 24.4 Å². The number of likely N-dealkylation sites (tertiary alicyclic amines) is 1. The van der Waals surface area contributed by atoms with Gasteiger partial charge in [-0.25, -0.2) is 4.39 Å². The van der Waals surface area contributed by atoms with E-state index in [9.17, 15) is 22.7 Å². The summed E-state index contributed by atoms with van der Waals surface area (Å²) in [6.45, 7) is 0.174. The van der Waals surface area contributed by atoms with Gasteiger partial charge in [0.2, 0.25) is 0 Å². The number of nitrogens with zero attached hydrogens (tertiary/aromatic N) is 5. The van der Waals surface area contributed by atoms with Crippen LogP contribution in [-0.4, -0.2) is 55.6 Å². The van der Waals surface area contributed by atoms with Crippen LogP contribution in [0.3, 0.4) is 0 Å². The fraction of sp³-hybridized carbons (Fsp3) is 0.500. The summed E-state index contributed by atoms with van der Waals surface area (Å²) < 4.78 is 52.7. The Morgan fingerprint density at radius 1 is 1.21 bits per heavy atom. The van der Waals surface area contributed by atoms with Crippen LogP contribution >= 0.6 is 0 Å². The van der Waals surface area contributed by atoms with Gasteiger partial charge in [-0.1, -0.05) is 0 Å². The molecule has 2 atom stereocenters. The molecule has 1 saturated heterocycles. The lowest BCUT2D eigenvalue weighted by Gasteiger charge is -2.21. The van der Waals surface area contributed by atoms with E-state index in [2.05, 4.69) is 15.5 Å². The lowest BCUT2D eigenvalue weighted by Crippen LogP contribution is -2.32. The largest absolute Gasteiger partial charge is 0.416 e. The molecule has 1 fully saturated rings. The van der Waals surface area contributed by atoms with Crippen molar-refractivity contribution in [3.8, 4) is 5.69 Å². The zero-order valence-corrected chi connectivity index (χ0v) is 12.5. The van der Waals surface area contributed by atoms with Crippen LogP contribution in [0, 0.1) is 0 Å². The summed E-state index contributed by atoms with van der Waals surface area (Å²) in [5, 5.41) is 20.5. The van der Waals surface area contributed by atoms with Crippen LogP contribution in [0.15, 0.2) is 24.3 Å². The first-order valence-corrected chi connectivity index (χ1v) is 7.32. The number of benzene rings is 1. The topological polar surface area (TPSA) is 67.1 Å². The monoisotopic (exact) mass is 345 g/mol. The molecule has 2 heterocycles. The van der Waals surface area contributed by atoms with Gasteiger partial charge < -0.3 is 5.11 Å². The highest BCUT2D eigenvalue weighted by molar-refractivity contribution is 5.35. The number of aromatic nitrogens is 4. The number of halogens is 4. The molecule has 3 rings (SSSR count). The molecule has 0 saturated carbocycles. The Hall–Kier alpha value is -2.07. The molecule has 0 spiro atoms. The van der Waals surface area contributed by atoms with Gasteiger partial charge in [0.25, 0.3) is 0 Å². The molecule has 1 N–H and O–H groups in total. The molecule has 130 valence electrons. The van der Waals surface area contributed by atoms with E-state index >= 15 is 0 Å². The van der Waals surface area contributed by atoms with E-state index in [0.29, 0.717) is 11.5 Å². The van der Waals surface area contributed by atoms with Gasteiger partial charge in [0.1, 0.15) is 6.17 Å². The van der Waals surface area contributed by atoms with Crippen molar-refractivity contribution in [3.05, 3.63) is 35.7 Å². The van der Waals surface area contributed by atoms with E-state index < -0.39 is 17.9 Å². The number of alkyl halides is 4. The summed E-state index contributed by atoms with van der Waals surface area (Å²) >= 11 is 0. The zero-order chi connectivity index (χ0) is 17.3. The molecule has 10 heteroatoms. The predicted octanol–water partition coefficient (Wildman–Crippen LogP) is 1.59. The standard InChI is InChI=1S/C14H15F4N5O/c15-10-5-12(8-24)22(6-10)7-13-19-20-21-23(13)11-3-1-9(2-4-11)14(16,17)18/h1-4,10,12,24H,5-8H2/t10-,12-/m0/s1. The minimum absolute atomic E-state index is 0.158. The summed E-state index contributed by atoms with van der Waals surface area (Å²) in [6, 6.07) is 4.12. The van der Waals surface area contributed by atoms with Gasteiger partial charge in [-0.3, -0.25) is 4.90 Å². The molecule has 24 heavy (non-hydrogen) atoms. The molecular weight excluding hydrogens is 330 g/mol. The number of rotatable bonds is 4. The normalized spacial score (nSPS) is 22.2. The van der Waals surface area contributed by atoms with Crippen molar-refractivity contribution >= 4 is 0 Å². The van der Waals surface area contributed by atoms with E-state index in [1.165, 1.54) is 16.8 Å². The average molecular weight is 345 g/mol. The van der Waals surface area contributed by atoms with Crippen LogP contribution in [0.2, 0.25) is 0 Å². The fourth-order valence-corrected chi connectivity index (χ4v) is 2.78. The number of tetrazole rings is 1. The van der Waals surface area contributed by atoms with E-state index in [1.54, 1.807) is 4.90 Å². The van der Waals surface area contributed by atoms with Gasteiger partial charge in [-0.15, -0.1) is 5.10 Å². The van der Waals surface area contributed by atoms with Crippen LogP contribution in [0.25, 0.3) is 5.69 Å². The molecule has 6 nitrogen and oxygen atoms in total. The molecule has 2 aromatic rings. The summed E-state index contributed by atoms with van der Waals surface area (Å²) in [4.78, 5) is 1.72. The third-order valence-electron chi connectivity index (χ3n) is 4.01. The number of aliphatic hydroxyl groups is 1. The van der Waals surface area contributed by atoms with Crippen molar-refractivity contribution < 1.29 is 22.7 Å². The smallest absolute Gasteiger partial charge is 0.395 e.